The number of carbonyl (C=O) groups excluding carboxylic acids is 1. The smallest absolute Gasteiger partial charge is 0.232 e. The summed E-state index contributed by atoms with van der Waals surface area (Å²) >= 11 is 0. The van der Waals surface area contributed by atoms with Gasteiger partial charge >= 0.3 is 0 Å². The average Bonchev–Trinajstić information content (AvgIpc) is 2.55. The van der Waals surface area contributed by atoms with Crippen molar-refractivity contribution in [2.24, 2.45) is 0 Å². The van der Waals surface area contributed by atoms with Crippen LogP contribution in [0.15, 0.2) is 42.5 Å². The van der Waals surface area contributed by atoms with Crippen molar-refractivity contribution in [2.75, 3.05) is 22.4 Å². The van der Waals surface area contributed by atoms with Crippen molar-refractivity contribution in [1.82, 2.24) is 0 Å². The first-order valence-electron chi connectivity index (χ1n) is 8.28. The predicted octanol–water partition coefficient (Wildman–Crippen LogP) is 3.63. The number of rotatable bonds is 7. The molecule has 0 heterocycles. The normalized spacial score (nSPS) is 11.2. The Kier molecular flexibility index (Phi) is 6.37. The molecule has 7 heteroatoms. The van der Waals surface area contributed by atoms with Gasteiger partial charge in [-0.05, 0) is 49.6 Å². The number of nitrogens with one attached hydrogen (secondary N) is 1. The van der Waals surface area contributed by atoms with Gasteiger partial charge in [0.15, 0.2) is 0 Å². The molecule has 0 aliphatic carbocycles. The lowest BCUT2D eigenvalue weighted by molar-refractivity contribution is -0.116. The van der Waals surface area contributed by atoms with E-state index in [1.807, 2.05) is 32.0 Å². The van der Waals surface area contributed by atoms with Crippen molar-refractivity contribution in [1.29, 1.82) is 0 Å². The monoisotopic (exact) mass is 378 g/mol. The summed E-state index contributed by atoms with van der Waals surface area (Å²) in [6.07, 6.45) is 1.43. The number of anilines is 2. The lowest BCUT2D eigenvalue weighted by atomic mass is 10.1. The number of sulfonamides is 1. The lowest BCUT2D eigenvalue weighted by Crippen LogP contribution is -2.32. The molecule has 0 radical (unpaired) electrons. The van der Waals surface area contributed by atoms with Gasteiger partial charge in [-0.25, -0.2) is 12.8 Å². The predicted molar refractivity (Wildman–Crippen MR) is 102 cm³/mol. The van der Waals surface area contributed by atoms with E-state index >= 15 is 0 Å². The molecule has 5 nitrogen and oxygen atoms in total. The van der Waals surface area contributed by atoms with Crippen molar-refractivity contribution < 1.29 is 17.6 Å². The second-order valence-corrected chi connectivity index (χ2v) is 8.16. The quantitative estimate of drug-likeness (QED) is 0.800. The van der Waals surface area contributed by atoms with Crippen LogP contribution in [0.5, 0.6) is 0 Å². The highest BCUT2D eigenvalue weighted by Gasteiger charge is 2.20. The Hall–Kier alpha value is -2.41. The molecule has 0 saturated carbocycles. The fourth-order valence-electron chi connectivity index (χ4n) is 2.59. The molecule has 1 amide bonds. The standard InChI is InChI=1S/C19H23FN2O3S/c1-14-10-11-15(2)17(13-14)21-19(23)9-6-12-22(26(3,24)25)18-8-5-4-7-16(18)20/h4-5,7-8,10-11,13H,6,9,12H2,1-3H3,(H,21,23). The number of benzene rings is 2. The highest BCUT2D eigenvalue weighted by Crippen LogP contribution is 2.22. The molecule has 0 saturated heterocycles. The molecule has 2 aromatic carbocycles. The van der Waals surface area contributed by atoms with E-state index in [1.54, 1.807) is 6.07 Å². The highest BCUT2D eigenvalue weighted by atomic mass is 32.2. The summed E-state index contributed by atoms with van der Waals surface area (Å²) in [6.45, 7) is 3.87. The van der Waals surface area contributed by atoms with E-state index < -0.39 is 15.8 Å². The first kappa shape index (κ1) is 19.9. The Morgan fingerprint density at radius 1 is 1.15 bits per heavy atom. The minimum absolute atomic E-state index is 0.00932. The molecule has 140 valence electrons. The Morgan fingerprint density at radius 3 is 2.50 bits per heavy atom. The van der Waals surface area contributed by atoms with E-state index in [2.05, 4.69) is 5.32 Å². The Labute approximate surface area is 153 Å². The summed E-state index contributed by atoms with van der Waals surface area (Å²) in [6, 6.07) is 11.5. The summed E-state index contributed by atoms with van der Waals surface area (Å²) in [4.78, 5) is 12.2. The molecule has 0 atom stereocenters. The first-order valence-corrected chi connectivity index (χ1v) is 10.1. The zero-order valence-electron chi connectivity index (χ0n) is 15.1. The first-order chi connectivity index (χ1) is 12.2. The van der Waals surface area contributed by atoms with Crippen LogP contribution < -0.4 is 9.62 Å². The number of hydrogen-bond donors (Lipinski definition) is 1. The van der Waals surface area contributed by atoms with Crippen LogP contribution in [-0.2, 0) is 14.8 Å². The maximum atomic E-state index is 13.9. The number of para-hydroxylation sites is 1. The number of carbonyl (C=O) groups is 1. The summed E-state index contributed by atoms with van der Waals surface area (Å²) in [5.41, 5.74) is 2.72. The van der Waals surface area contributed by atoms with Crippen LogP contribution in [-0.4, -0.2) is 27.1 Å². The molecule has 0 bridgehead atoms. The molecule has 1 N–H and O–H groups in total. The van der Waals surface area contributed by atoms with Gasteiger partial charge in [0, 0.05) is 18.7 Å². The molecule has 0 aliphatic rings. The second-order valence-electron chi connectivity index (χ2n) is 6.26. The molecule has 0 aliphatic heterocycles. The van der Waals surface area contributed by atoms with Crippen LogP contribution in [0.1, 0.15) is 24.0 Å². The highest BCUT2D eigenvalue weighted by molar-refractivity contribution is 7.92. The van der Waals surface area contributed by atoms with Gasteiger partial charge in [0.1, 0.15) is 5.82 Å². The van der Waals surface area contributed by atoms with Crippen LogP contribution in [0.25, 0.3) is 0 Å². The SMILES string of the molecule is Cc1ccc(C)c(NC(=O)CCCN(c2ccccc2F)S(C)(=O)=O)c1. The average molecular weight is 378 g/mol. The molecule has 2 aromatic rings. The van der Waals surface area contributed by atoms with Gasteiger partial charge in [-0.3, -0.25) is 9.10 Å². The number of amides is 1. The molecule has 0 fully saturated rings. The number of aryl methyl sites for hydroxylation is 2. The lowest BCUT2D eigenvalue weighted by Gasteiger charge is -2.22. The van der Waals surface area contributed by atoms with Crippen molar-refractivity contribution >= 4 is 27.3 Å². The van der Waals surface area contributed by atoms with Crippen LogP contribution in [0.3, 0.4) is 0 Å². The van der Waals surface area contributed by atoms with Crippen molar-refractivity contribution in [3.05, 3.63) is 59.4 Å². The summed E-state index contributed by atoms with van der Waals surface area (Å²) < 4.78 is 38.9. The van der Waals surface area contributed by atoms with Crippen molar-refractivity contribution in [3.8, 4) is 0 Å². The van der Waals surface area contributed by atoms with Crippen LogP contribution in [0, 0.1) is 19.7 Å². The third kappa shape index (κ3) is 5.29. The Balaban J connectivity index is 2.01. The van der Waals surface area contributed by atoms with Crippen molar-refractivity contribution in [3.63, 3.8) is 0 Å². The fourth-order valence-corrected chi connectivity index (χ4v) is 3.55. The van der Waals surface area contributed by atoms with Crippen LogP contribution >= 0.6 is 0 Å². The van der Waals surface area contributed by atoms with Gasteiger partial charge < -0.3 is 5.32 Å². The molecule has 0 aromatic heterocycles. The molecule has 26 heavy (non-hydrogen) atoms. The van der Waals surface area contributed by atoms with Gasteiger partial charge in [-0.2, -0.15) is 0 Å². The van der Waals surface area contributed by atoms with Crippen LogP contribution in [0.2, 0.25) is 0 Å². The fraction of sp³-hybridized carbons (Fsp3) is 0.316. The summed E-state index contributed by atoms with van der Waals surface area (Å²) in [5, 5.41) is 2.83. The topological polar surface area (TPSA) is 66.5 Å². The Bertz CT molecular complexity index is 897. The number of nitrogens with zero attached hydrogens (tertiary/aromatic N) is 1. The van der Waals surface area contributed by atoms with Gasteiger partial charge in [0.25, 0.3) is 0 Å². The zero-order chi connectivity index (χ0) is 19.3. The number of halogens is 1. The third-order valence-electron chi connectivity index (χ3n) is 3.95. The van der Waals surface area contributed by atoms with E-state index in [1.165, 1.54) is 18.2 Å². The van der Waals surface area contributed by atoms with E-state index in [0.29, 0.717) is 0 Å². The van der Waals surface area contributed by atoms with E-state index in [9.17, 15) is 17.6 Å². The van der Waals surface area contributed by atoms with E-state index in [0.717, 1.165) is 27.4 Å². The van der Waals surface area contributed by atoms with Gasteiger partial charge in [-0.15, -0.1) is 0 Å². The molecular weight excluding hydrogens is 355 g/mol. The maximum absolute atomic E-state index is 13.9. The minimum atomic E-state index is -3.65. The molecular formula is C19H23FN2O3S. The van der Waals surface area contributed by atoms with Crippen LogP contribution in [0.4, 0.5) is 15.8 Å². The van der Waals surface area contributed by atoms with Crippen molar-refractivity contribution in [2.45, 2.75) is 26.7 Å². The molecule has 0 unspecified atom stereocenters. The third-order valence-corrected chi connectivity index (χ3v) is 5.13. The Morgan fingerprint density at radius 2 is 1.85 bits per heavy atom. The van der Waals surface area contributed by atoms with Gasteiger partial charge in [-0.1, -0.05) is 24.3 Å². The summed E-state index contributed by atoms with van der Waals surface area (Å²) in [5.74, 6) is -0.821. The molecule has 0 spiro atoms. The largest absolute Gasteiger partial charge is 0.326 e. The second kappa shape index (κ2) is 8.31. The maximum Gasteiger partial charge on any atom is 0.232 e. The van der Waals surface area contributed by atoms with E-state index in [-0.39, 0.29) is 31.0 Å². The minimum Gasteiger partial charge on any atom is -0.326 e. The van der Waals surface area contributed by atoms with Gasteiger partial charge in [0.2, 0.25) is 15.9 Å². The molecule has 2 rings (SSSR count). The number of hydrogen-bond acceptors (Lipinski definition) is 3. The summed E-state index contributed by atoms with van der Waals surface area (Å²) in [7, 11) is -3.65. The van der Waals surface area contributed by atoms with Gasteiger partial charge in [0.05, 0.1) is 11.9 Å². The zero-order valence-corrected chi connectivity index (χ0v) is 15.9. The van der Waals surface area contributed by atoms with E-state index in [4.69, 9.17) is 0 Å².